The van der Waals surface area contributed by atoms with Gasteiger partial charge in [0.2, 0.25) is 24.1 Å². The van der Waals surface area contributed by atoms with Gasteiger partial charge in [0.15, 0.2) is 10.7 Å². The molecule has 34 heavy (non-hydrogen) atoms. The van der Waals surface area contributed by atoms with E-state index in [-0.39, 0.29) is 29.0 Å². The summed E-state index contributed by atoms with van der Waals surface area (Å²) in [6, 6.07) is -0.937. The molecule has 186 valence electrons. The van der Waals surface area contributed by atoms with Crippen LogP contribution in [0.15, 0.2) is 5.16 Å². The van der Waals surface area contributed by atoms with Gasteiger partial charge in [-0.25, -0.2) is 9.59 Å². The van der Waals surface area contributed by atoms with E-state index in [2.05, 4.69) is 19.8 Å². The summed E-state index contributed by atoms with van der Waals surface area (Å²) in [5.41, 5.74) is 2.96. The Balaban J connectivity index is 1.69. The maximum Gasteiger partial charge on any atom is 0.347 e. The number of thioether (sulfide) groups is 1. The Kier molecular flexibility index (Phi) is 7.32. The van der Waals surface area contributed by atoms with Crippen molar-refractivity contribution in [2.75, 3.05) is 31.7 Å². The molecule has 1 aromatic rings. The number of nitrogens with zero attached hydrogens (tertiary/aromatic N) is 4. The number of hydrogen-bond acceptors (Lipinski definition) is 13. The Hall–Kier alpha value is -2.98. The number of rotatable bonds is 8. The highest BCUT2D eigenvalue weighted by atomic mass is 32.2. The Bertz CT molecular complexity index is 1020. The molecule has 1 aromatic heterocycles. The lowest BCUT2D eigenvalue weighted by atomic mass is 9.99. The van der Waals surface area contributed by atoms with Crippen LogP contribution in [0.25, 0.3) is 0 Å². The summed E-state index contributed by atoms with van der Waals surface area (Å²) >= 11 is 1.99. The van der Waals surface area contributed by atoms with E-state index in [1.54, 1.807) is 20.8 Å². The molecule has 4 N–H and O–H groups in total. The van der Waals surface area contributed by atoms with Gasteiger partial charge in [-0.05, 0) is 20.8 Å². The maximum atomic E-state index is 12.9. The minimum absolute atomic E-state index is 0.0703. The number of fused-ring (bicyclic) bond motifs is 1. The number of anilines is 1. The van der Waals surface area contributed by atoms with E-state index in [0.717, 1.165) is 11.5 Å². The van der Waals surface area contributed by atoms with Crippen LogP contribution in [0.5, 0.6) is 0 Å². The van der Waals surface area contributed by atoms with Crippen molar-refractivity contribution >= 4 is 57.9 Å². The van der Waals surface area contributed by atoms with Crippen molar-refractivity contribution in [2.45, 2.75) is 43.4 Å². The highest BCUT2D eigenvalue weighted by Gasteiger charge is 2.58. The predicted octanol–water partition coefficient (Wildman–Crippen LogP) is -0.948. The standard InChI is InChI=1S/C18H24N6O8S2/c1-17(2,3)32-8(25)5-31-22-9(11-21-16(19)34-23-11)12(26)20-10-13(27)24-6-18(30-4,15(28)29)7-33-14(10)24/h10,14H,5-7H2,1-4H3,(H,20,26)(H,28,29)(H2,19,21,23)/t10?,14-,18?/m1/s1. The summed E-state index contributed by atoms with van der Waals surface area (Å²) in [6.45, 7) is 4.33. The number of β-lactam (4-membered cyclic amide) rings is 1. The molecule has 0 bridgehead atoms. The third kappa shape index (κ3) is 5.39. The first-order valence-electron chi connectivity index (χ1n) is 9.90. The average molecular weight is 517 g/mol. The molecular weight excluding hydrogens is 492 g/mol. The summed E-state index contributed by atoms with van der Waals surface area (Å²) in [5.74, 6) is -3.25. The first-order chi connectivity index (χ1) is 15.9. The molecule has 0 saturated carbocycles. The number of nitrogens with one attached hydrogen (secondary N) is 1. The largest absolute Gasteiger partial charge is 0.479 e. The number of aliphatic carboxylic acids is 1. The highest BCUT2D eigenvalue weighted by Crippen LogP contribution is 2.39. The van der Waals surface area contributed by atoms with Crippen LogP contribution in [0.2, 0.25) is 0 Å². The molecule has 0 aliphatic carbocycles. The molecule has 3 atom stereocenters. The van der Waals surface area contributed by atoms with Crippen LogP contribution in [-0.2, 0) is 33.5 Å². The van der Waals surface area contributed by atoms with Gasteiger partial charge in [-0.2, -0.15) is 9.36 Å². The number of amides is 2. The van der Waals surface area contributed by atoms with Crippen LogP contribution in [0.1, 0.15) is 26.6 Å². The van der Waals surface area contributed by atoms with Gasteiger partial charge < -0.3 is 35.4 Å². The van der Waals surface area contributed by atoms with E-state index >= 15 is 0 Å². The molecule has 2 aliphatic rings. The van der Waals surface area contributed by atoms with Gasteiger partial charge >= 0.3 is 11.9 Å². The van der Waals surface area contributed by atoms with Crippen molar-refractivity contribution in [3.63, 3.8) is 0 Å². The minimum Gasteiger partial charge on any atom is -0.479 e. The van der Waals surface area contributed by atoms with E-state index in [0.29, 0.717) is 0 Å². The number of ether oxygens (including phenoxy) is 2. The Morgan fingerprint density at radius 1 is 1.38 bits per heavy atom. The second kappa shape index (κ2) is 9.71. The molecule has 2 amide bonds. The molecule has 16 heteroatoms. The molecule has 3 rings (SSSR count). The molecule has 0 radical (unpaired) electrons. The number of nitrogens with two attached hydrogens (primary N) is 1. The van der Waals surface area contributed by atoms with Crippen molar-refractivity contribution in [1.29, 1.82) is 0 Å². The van der Waals surface area contributed by atoms with Crippen molar-refractivity contribution in [3.8, 4) is 0 Å². The number of nitrogen functional groups attached to an aromatic ring is 1. The third-order valence-electron chi connectivity index (χ3n) is 4.75. The lowest BCUT2D eigenvalue weighted by molar-refractivity contribution is -0.170. The molecule has 2 unspecified atom stereocenters. The Labute approximate surface area is 202 Å². The smallest absolute Gasteiger partial charge is 0.347 e. The van der Waals surface area contributed by atoms with E-state index in [1.165, 1.54) is 23.8 Å². The maximum absolute atomic E-state index is 12.9. The van der Waals surface area contributed by atoms with Gasteiger partial charge in [-0.1, -0.05) is 5.16 Å². The van der Waals surface area contributed by atoms with Gasteiger partial charge in [0.05, 0.1) is 6.54 Å². The first-order valence-corrected chi connectivity index (χ1v) is 11.7. The van der Waals surface area contributed by atoms with Crippen LogP contribution < -0.4 is 11.1 Å². The predicted molar refractivity (Wildman–Crippen MR) is 120 cm³/mol. The fourth-order valence-electron chi connectivity index (χ4n) is 3.14. The SMILES string of the molecule is COC1(C(=O)O)CS[C@@H]2C(NC(=O)C(=NOCC(=O)OC(C)(C)C)c3nsc(N)n3)C(=O)N2C1. The van der Waals surface area contributed by atoms with Crippen molar-refractivity contribution in [1.82, 2.24) is 19.6 Å². The van der Waals surface area contributed by atoms with Crippen LogP contribution in [0.3, 0.4) is 0 Å². The van der Waals surface area contributed by atoms with Crippen LogP contribution >= 0.6 is 23.3 Å². The summed E-state index contributed by atoms with van der Waals surface area (Å²) in [7, 11) is 1.27. The van der Waals surface area contributed by atoms with Gasteiger partial charge in [0, 0.05) is 24.4 Å². The van der Waals surface area contributed by atoms with Crippen molar-refractivity contribution < 1.29 is 38.6 Å². The molecule has 2 aliphatic heterocycles. The number of hydrogen-bond donors (Lipinski definition) is 3. The van der Waals surface area contributed by atoms with Crippen LogP contribution in [-0.4, -0.2) is 97.5 Å². The van der Waals surface area contributed by atoms with E-state index in [1.807, 2.05) is 0 Å². The fourth-order valence-corrected chi connectivity index (χ4v) is 5.08. The van der Waals surface area contributed by atoms with Crippen LogP contribution in [0, 0.1) is 0 Å². The average Bonchev–Trinajstić information content (AvgIpc) is 3.18. The van der Waals surface area contributed by atoms with E-state index in [4.69, 9.17) is 20.0 Å². The molecule has 0 aromatic carbocycles. The van der Waals surface area contributed by atoms with Crippen molar-refractivity contribution in [2.24, 2.45) is 5.16 Å². The molecule has 14 nitrogen and oxygen atoms in total. The Morgan fingerprint density at radius 3 is 2.65 bits per heavy atom. The molecule has 0 spiro atoms. The van der Waals surface area contributed by atoms with Gasteiger partial charge in [-0.3, -0.25) is 9.59 Å². The zero-order valence-corrected chi connectivity index (χ0v) is 20.4. The zero-order valence-electron chi connectivity index (χ0n) is 18.8. The number of aromatic nitrogens is 2. The van der Waals surface area contributed by atoms with Gasteiger partial charge in [-0.15, -0.1) is 11.8 Å². The zero-order chi connectivity index (χ0) is 25.3. The van der Waals surface area contributed by atoms with Gasteiger partial charge in [0.1, 0.15) is 17.0 Å². The number of methoxy groups -OCH3 is 1. The lowest BCUT2D eigenvalue weighted by Gasteiger charge is -2.53. The normalized spacial score (nSPS) is 24.6. The number of carbonyl (C=O) groups is 4. The highest BCUT2D eigenvalue weighted by molar-refractivity contribution is 8.00. The number of esters is 1. The summed E-state index contributed by atoms with van der Waals surface area (Å²) in [4.78, 5) is 59.2. The molecule has 3 heterocycles. The fraction of sp³-hybridized carbons (Fsp3) is 0.611. The quantitative estimate of drug-likeness (QED) is 0.166. The number of carboxylic acids is 1. The summed E-state index contributed by atoms with van der Waals surface area (Å²) in [5, 5.41) is 15.3. The number of carbonyl (C=O) groups excluding carboxylic acids is 3. The summed E-state index contributed by atoms with van der Waals surface area (Å²) < 4.78 is 14.2. The number of carboxylic acid groups (broad SMARTS) is 1. The lowest BCUT2D eigenvalue weighted by Crippen LogP contribution is -2.75. The first kappa shape index (κ1) is 25.6. The molecule has 2 fully saturated rings. The second-order valence-electron chi connectivity index (χ2n) is 8.38. The topological polar surface area (TPSA) is 196 Å². The van der Waals surface area contributed by atoms with Crippen molar-refractivity contribution in [3.05, 3.63) is 5.82 Å². The Morgan fingerprint density at radius 2 is 2.09 bits per heavy atom. The van der Waals surface area contributed by atoms with Gasteiger partial charge in [0.25, 0.3) is 5.91 Å². The molecule has 2 saturated heterocycles. The van der Waals surface area contributed by atoms with E-state index in [9.17, 15) is 24.3 Å². The number of oxime groups is 1. The molecular formula is C18H24N6O8S2. The minimum atomic E-state index is -1.52. The summed E-state index contributed by atoms with van der Waals surface area (Å²) in [6.07, 6.45) is 0. The monoisotopic (exact) mass is 516 g/mol. The van der Waals surface area contributed by atoms with Crippen LogP contribution in [0.4, 0.5) is 5.13 Å². The second-order valence-corrected chi connectivity index (χ2v) is 10.3. The third-order valence-corrected chi connectivity index (χ3v) is 6.79. The van der Waals surface area contributed by atoms with E-state index < -0.39 is 53.0 Å².